The number of nitrogens with zero attached hydrogens (tertiary/aromatic N) is 1. The van der Waals surface area contributed by atoms with E-state index in [-0.39, 0.29) is 17.8 Å². The van der Waals surface area contributed by atoms with Crippen LogP contribution in [0.15, 0.2) is 66.7 Å². The summed E-state index contributed by atoms with van der Waals surface area (Å²) in [7, 11) is 0. The smallest absolute Gasteiger partial charge is 0.369 e. The van der Waals surface area contributed by atoms with Crippen molar-refractivity contribution in [2.45, 2.75) is 31.6 Å². The molecule has 0 aromatic heterocycles. The summed E-state index contributed by atoms with van der Waals surface area (Å²) in [5.41, 5.74) is 0.933. The van der Waals surface area contributed by atoms with E-state index in [2.05, 4.69) is 42.6 Å². The van der Waals surface area contributed by atoms with Gasteiger partial charge in [-0.2, -0.15) is 13.2 Å². The average molecular weight is 384 g/mol. The summed E-state index contributed by atoms with van der Waals surface area (Å²) >= 11 is 0. The third kappa shape index (κ3) is 3.72. The number of benzene rings is 3. The predicted octanol–water partition coefficient (Wildman–Crippen LogP) is 5.79. The maximum absolute atomic E-state index is 13.3. The van der Waals surface area contributed by atoms with Gasteiger partial charge in [-0.1, -0.05) is 54.6 Å². The van der Waals surface area contributed by atoms with Crippen molar-refractivity contribution < 1.29 is 13.2 Å². The Balaban J connectivity index is 1.50. The van der Waals surface area contributed by atoms with E-state index in [0.717, 1.165) is 12.5 Å². The lowest BCUT2D eigenvalue weighted by Crippen LogP contribution is -2.34. The number of para-hydroxylation sites is 1. The van der Waals surface area contributed by atoms with Crippen LogP contribution in [0.3, 0.4) is 0 Å². The van der Waals surface area contributed by atoms with Gasteiger partial charge in [0, 0.05) is 30.9 Å². The monoisotopic (exact) mass is 384 g/mol. The largest absolute Gasteiger partial charge is 0.418 e. The molecule has 1 aliphatic rings. The highest BCUT2D eigenvalue weighted by Gasteiger charge is 2.36. The first kappa shape index (κ1) is 18.8. The van der Waals surface area contributed by atoms with Crippen molar-refractivity contribution in [3.63, 3.8) is 0 Å². The van der Waals surface area contributed by atoms with Gasteiger partial charge in [-0.3, -0.25) is 0 Å². The summed E-state index contributed by atoms with van der Waals surface area (Å²) in [5.74, 6) is 0. The van der Waals surface area contributed by atoms with Crippen LogP contribution in [0.2, 0.25) is 0 Å². The van der Waals surface area contributed by atoms with Crippen LogP contribution in [-0.2, 0) is 6.18 Å². The molecule has 0 unspecified atom stereocenters. The van der Waals surface area contributed by atoms with Crippen LogP contribution >= 0.6 is 0 Å². The number of nitrogens with one attached hydrogen (secondary N) is 1. The van der Waals surface area contributed by atoms with Gasteiger partial charge in [-0.25, -0.2) is 0 Å². The van der Waals surface area contributed by atoms with Gasteiger partial charge in [-0.05, 0) is 41.8 Å². The summed E-state index contributed by atoms with van der Waals surface area (Å²) in [5, 5.41) is 6.03. The van der Waals surface area contributed by atoms with Crippen LogP contribution in [0.4, 0.5) is 18.9 Å². The normalized spacial score (nSPS) is 18.6. The quantitative estimate of drug-likeness (QED) is 0.613. The van der Waals surface area contributed by atoms with E-state index in [4.69, 9.17) is 0 Å². The summed E-state index contributed by atoms with van der Waals surface area (Å²) < 4.78 is 40.0. The SMILES string of the molecule is C[C@@H](N[C@H]1CCN(c2ccccc2C(F)(F)F)C1)c1cccc2ccccc12. The molecule has 0 bridgehead atoms. The summed E-state index contributed by atoms with van der Waals surface area (Å²) in [6.45, 7) is 3.31. The number of alkyl halides is 3. The van der Waals surface area contributed by atoms with Gasteiger partial charge >= 0.3 is 6.18 Å². The molecule has 1 heterocycles. The van der Waals surface area contributed by atoms with Gasteiger partial charge in [0.2, 0.25) is 0 Å². The van der Waals surface area contributed by atoms with Gasteiger partial charge in [0.05, 0.1) is 5.56 Å². The highest BCUT2D eigenvalue weighted by molar-refractivity contribution is 5.86. The van der Waals surface area contributed by atoms with Crippen molar-refractivity contribution >= 4 is 16.5 Å². The molecule has 0 radical (unpaired) electrons. The van der Waals surface area contributed by atoms with E-state index < -0.39 is 11.7 Å². The summed E-state index contributed by atoms with van der Waals surface area (Å²) in [6.07, 6.45) is -3.51. The number of hydrogen-bond donors (Lipinski definition) is 1. The molecule has 3 aromatic rings. The average Bonchev–Trinajstić information content (AvgIpc) is 3.15. The lowest BCUT2D eigenvalue weighted by Gasteiger charge is -2.25. The van der Waals surface area contributed by atoms with Crippen LogP contribution in [0, 0.1) is 0 Å². The second-order valence-electron chi connectivity index (χ2n) is 7.40. The molecule has 1 aliphatic heterocycles. The summed E-state index contributed by atoms with van der Waals surface area (Å²) in [6, 6.07) is 20.6. The minimum atomic E-state index is -4.33. The zero-order valence-electron chi connectivity index (χ0n) is 15.7. The number of anilines is 1. The standard InChI is InChI=1S/C23H23F3N2/c1-16(19-10-6-8-17-7-2-3-9-20(17)19)27-18-13-14-28(15-18)22-12-5-4-11-21(22)23(24,25)26/h2-12,16,18,27H,13-15H2,1H3/t16-,18+/m1/s1. The Kier molecular flexibility index (Phi) is 5.02. The Labute approximate surface area is 163 Å². The molecule has 0 amide bonds. The minimum Gasteiger partial charge on any atom is -0.369 e. The number of hydrogen-bond acceptors (Lipinski definition) is 2. The molecule has 28 heavy (non-hydrogen) atoms. The molecule has 3 aromatic carbocycles. The van der Waals surface area contributed by atoms with E-state index in [1.54, 1.807) is 12.1 Å². The molecule has 146 valence electrons. The van der Waals surface area contributed by atoms with Crippen molar-refractivity contribution in [2.24, 2.45) is 0 Å². The molecule has 1 saturated heterocycles. The predicted molar refractivity (Wildman–Crippen MR) is 108 cm³/mol. The fourth-order valence-electron chi connectivity index (χ4n) is 4.18. The van der Waals surface area contributed by atoms with E-state index in [1.807, 2.05) is 17.0 Å². The highest BCUT2D eigenvalue weighted by Crippen LogP contribution is 2.37. The molecule has 0 saturated carbocycles. The molecule has 1 N–H and O–H groups in total. The van der Waals surface area contributed by atoms with Crippen LogP contribution < -0.4 is 10.2 Å². The van der Waals surface area contributed by atoms with Gasteiger partial charge in [0.15, 0.2) is 0 Å². The molecule has 4 rings (SSSR count). The molecule has 5 heteroatoms. The number of rotatable bonds is 4. The topological polar surface area (TPSA) is 15.3 Å². The van der Waals surface area contributed by atoms with E-state index in [9.17, 15) is 13.2 Å². The van der Waals surface area contributed by atoms with Crippen LogP contribution in [-0.4, -0.2) is 19.1 Å². The van der Waals surface area contributed by atoms with Crippen LogP contribution in [0.5, 0.6) is 0 Å². The zero-order chi connectivity index (χ0) is 19.7. The Hall–Kier alpha value is -2.53. The first-order valence-electron chi connectivity index (χ1n) is 9.58. The fourth-order valence-corrected chi connectivity index (χ4v) is 4.18. The molecular formula is C23H23F3N2. The maximum Gasteiger partial charge on any atom is 0.418 e. The molecule has 2 nitrogen and oxygen atoms in total. The fraction of sp³-hybridized carbons (Fsp3) is 0.304. The lowest BCUT2D eigenvalue weighted by atomic mass is 9.99. The second kappa shape index (κ2) is 7.47. The summed E-state index contributed by atoms with van der Waals surface area (Å²) in [4.78, 5) is 1.84. The van der Waals surface area contributed by atoms with E-state index in [0.29, 0.717) is 13.1 Å². The van der Waals surface area contributed by atoms with E-state index in [1.165, 1.54) is 22.4 Å². The molecule has 1 fully saturated rings. The Morgan fingerprint density at radius 3 is 2.50 bits per heavy atom. The van der Waals surface area contributed by atoms with Gasteiger partial charge in [-0.15, -0.1) is 0 Å². The Bertz CT molecular complexity index is 962. The van der Waals surface area contributed by atoms with Crippen molar-refractivity contribution in [3.05, 3.63) is 77.9 Å². The molecular weight excluding hydrogens is 361 g/mol. The van der Waals surface area contributed by atoms with Crippen LogP contribution in [0.25, 0.3) is 10.8 Å². The van der Waals surface area contributed by atoms with Crippen molar-refractivity contribution in [3.8, 4) is 0 Å². The van der Waals surface area contributed by atoms with Crippen LogP contribution in [0.1, 0.15) is 30.5 Å². The minimum absolute atomic E-state index is 0.119. The Morgan fingerprint density at radius 2 is 1.68 bits per heavy atom. The van der Waals surface area contributed by atoms with Crippen molar-refractivity contribution in [1.29, 1.82) is 0 Å². The van der Waals surface area contributed by atoms with Gasteiger partial charge in [0.1, 0.15) is 0 Å². The molecule has 0 aliphatic carbocycles. The first-order chi connectivity index (χ1) is 13.4. The number of fused-ring (bicyclic) bond motifs is 1. The third-order valence-electron chi connectivity index (χ3n) is 5.51. The maximum atomic E-state index is 13.3. The van der Waals surface area contributed by atoms with Gasteiger partial charge < -0.3 is 10.2 Å². The Morgan fingerprint density at radius 1 is 0.964 bits per heavy atom. The lowest BCUT2D eigenvalue weighted by molar-refractivity contribution is -0.137. The van der Waals surface area contributed by atoms with Crippen molar-refractivity contribution in [2.75, 3.05) is 18.0 Å². The van der Waals surface area contributed by atoms with Gasteiger partial charge in [0.25, 0.3) is 0 Å². The number of halogens is 3. The third-order valence-corrected chi connectivity index (χ3v) is 5.51. The molecule has 2 atom stereocenters. The van der Waals surface area contributed by atoms with Crippen molar-refractivity contribution in [1.82, 2.24) is 5.32 Å². The zero-order valence-corrected chi connectivity index (χ0v) is 15.7. The van der Waals surface area contributed by atoms with E-state index >= 15 is 0 Å². The molecule has 0 spiro atoms. The first-order valence-corrected chi connectivity index (χ1v) is 9.58. The second-order valence-corrected chi connectivity index (χ2v) is 7.40. The highest BCUT2D eigenvalue weighted by atomic mass is 19.4.